The number of hydrogen-bond acceptors (Lipinski definition) is 5. The molecule has 1 N–H and O–H groups in total. The second-order valence-corrected chi connectivity index (χ2v) is 8.02. The van der Waals surface area contributed by atoms with Crippen LogP contribution in [0.25, 0.3) is 0 Å². The van der Waals surface area contributed by atoms with Crippen molar-refractivity contribution < 1.29 is 14.3 Å². The van der Waals surface area contributed by atoms with Gasteiger partial charge in [-0.15, -0.1) is 0 Å². The number of carbonyl (C=O) groups is 1. The summed E-state index contributed by atoms with van der Waals surface area (Å²) in [5, 5.41) is 3.57. The highest BCUT2D eigenvalue weighted by Crippen LogP contribution is 2.34. The maximum absolute atomic E-state index is 13.5. The van der Waals surface area contributed by atoms with Crippen molar-refractivity contribution in [2.45, 2.75) is 12.6 Å². The van der Waals surface area contributed by atoms with Gasteiger partial charge in [-0.2, -0.15) is 0 Å². The predicted molar refractivity (Wildman–Crippen MR) is 128 cm³/mol. The van der Waals surface area contributed by atoms with E-state index in [2.05, 4.69) is 34.5 Å². The summed E-state index contributed by atoms with van der Waals surface area (Å²) in [5.74, 6) is 1.41. The molecule has 0 saturated heterocycles. The first kappa shape index (κ1) is 21.6. The Bertz CT molecular complexity index is 1100. The smallest absolute Gasteiger partial charge is 0.257 e. The Morgan fingerprint density at radius 3 is 2.34 bits per heavy atom. The van der Waals surface area contributed by atoms with Crippen LogP contribution in [0.5, 0.6) is 11.5 Å². The standard InChI is InChI=1S/C26H29N3O3/c1-28(2)20-12-10-19(11-13-20)25-27-22-8-6-5-7-21(22)26(30)29(25)16-15-18-9-14-23(31-3)24(17-18)32-4/h5-14,17,25,27H,15-16H2,1-4H3/t25-/m0/s1. The number of nitrogens with one attached hydrogen (secondary N) is 1. The number of hydrogen-bond donors (Lipinski definition) is 1. The Kier molecular flexibility index (Phi) is 6.21. The molecule has 166 valence electrons. The molecule has 1 aliphatic heterocycles. The molecule has 1 amide bonds. The number of rotatable bonds is 7. The van der Waals surface area contributed by atoms with Gasteiger partial charge in [-0.25, -0.2) is 0 Å². The predicted octanol–water partition coefficient (Wildman–Crippen LogP) is 4.58. The molecule has 0 aliphatic carbocycles. The van der Waals surface area contributed by atoms with Crippen molar-refractivity contribution in [1.29, 1.82) is 0 Å². The molecule has 1 atom stereocenters. The lowest BCUT2D eigenvalue weighted by Gasteiger charge is -2.38. The number of ether oxygens (including phenoxy) is 2. The molecular weight excluding hydrogens is 402 g/mol. The van der Waals surface area contributed by atoms with Crippen LogP contribution in [0.3, 0.4) is 0 Å². The van der Waals surface area contributed by atoms with Crippen LogP contribution in [0, 0.1) is 0 Å². The number of nitrogens with zero attached hydrogens (tertiary/aromatic N) is 2. The second-order valence-electron chi connectivity index (χ2n) is 8.02. The summed E-state index contributed by atoms with van der Waals surface area (Å²) < 4.78 is 10.8. The highest BCUT2D eigenvalue weighted by Gasteiger charge is 2.32. The zero-order valence-corrected chi connectivity index (χ0v) is 19.0. The molecule has 3 aromatic rings. The number of anilines is 2. The van der Waals surface area contributed by atoms with E-state index in [4.69, 9.17) is 9.47 Å². The maximum Gasteiger partial charge on any atom is 0.257 e. The summed E-state index contributed by atoms with van der Waals surface area (Å²) in [6.07, 6.45) is 0.455. The Labute approximate surface area is 189 Å². The van der Waals surface area contributed by atoms with E-state index in [1.165, 1.54) is 0 Å². The van der Waals surface area contributed by atoms with Crippen molar-refractivity contribution in [2.24, 2.45) is 0 Å². The lowest BCUT2D eigenvalue weighted by molar-refractivity contribution is 0.0685. The summed E-state index contributed by atoms with van der Waals surface area (Å²) >= 11 is 0. The highest BCUT2D eigenvalue weighted by atomic mass is 16.5. The minimum atomic E-state index is -0.242. The molecule has 6 nitrogen and oxygen atoms in total. The lowest BCUT2D eigenvalue weighted by Crippen LogP contribution is -2.44. The third kappa shape index (κ3) is 4.21. The van der Waals surface area contributed by atoms with Crippen LogP contribution < -0.4 is 19.7 Å². The van der Waals surface area contributed by atoms with Gasteiger partial charge in [0.15, 0.2) is 11.5 Å². The quantitative estimate of drug-likeness (QED) is 0.594. The fourth-order valence-electron chi connectivity index (χ4n) is 4.03. The average molecular weight is 432 g/mol. The molecule has 0 aromatic heterocycles. The first-order valence-corrected chi connectivity index (χ1v) is 10.7. The number of fused-ring (bicyclic) bond motifs is 1. The number of amides is 1. The molecule has 6 heteroatoms. The number of carbonyl (C=O) groups excluding carboxylic acids is 1. The van der Waals surface area contributed by atoms with Crippen LogP contribution in [-0.2, 0) is 6.42 Å². The molecule has 0 spiro atoms. The van der Waals surface area contributed by atoms with Gasteiger partial charge in [0, 0.05) is 32.0 Å². The van der Waals surface area contributed by atoms with Crippen LogP contribution in [-0.4, -0.2) is 45.7 Å². The third-order valence-corrected chi connectivity index (χ3v) is 5.84. The van der Waals surface area contributed by atoms with E-state index in [1.807, 2.05) is 61.5 Å². The fourth-order valence-corrected chi connectivity index (χ4v) is 4.03. The molecule has 1 aliphatic rings. The van der Waals surface area contributed by atoms with Crippen molar-refractivity contribution in [1.82, 2.24) is 4.90 Å². The molecule has 0 saturated carbocycles. The number of para-hydroxylation sites is 1. The van der Waals surface area contributed by atoms with Crippen LogP contribution in [0.4, 0.5) is 11.4 Å². The van der Waals surface area contributed by atoms with E-state index >= 15 is 0 Å². The normalized spacial score (nSPS) is 15.1. The zero-order chi connectivity index (χ0) is 22.7. The number of benzene rings is 3. The van der Waals surface area contributed by atoms with E-state index in [9.17, 15) is 4.79 Å². The van der Waals surface area contributed by atoms with Crippen molar-refractivity contribution in [3.8, 4) is 11.5 Å². The Morgan fingerprint density at radius 1 is 0.938 bits per heavy atom. The molecule has 1 heterocycles. The molecule has 0 fully saturated rings. The Morgan fingerprint density at radius 2 is 1.66 bits per heavy atom. The largest absolute Gasteiger partial charge is 0.493 e. The van der Waals surface area contributed by atoms with E-state index in [0.29, 0.717) is 30.0 Å². The van der Waals surface area contributed by atoms with Crippen molar-refractivity contribution in [3.63, 3.8) is 0 Å². The van der Waals surface area contributed by atoms with E-state index in [0.717, 1.165) is 22.5 Å². The van der Waals surface area contributed by atoms with Crippen molar-refractivity contribution >= 4 is 17.3 Å². The van der Waals surface area contributed by atoms with Crippen LogP contribution >= 0.6 is 0 Å². The van der Waals surface area contributed by atoms with E-state index in [1.54, 1.807) is 14.2 Å². The van der Waals surface area contributed by atoms with E-state index < -0.39 is 0 Å². The third-order valence-electron chi connectivity index (χ3n) is 5.84. The van der Waals surface area contributed by atoms with Crippen molar-refractivity contribution in [2.75, 3.05) is 45.1 Å². The molecule has 4 rings (SSSR count). The van der Waals surface area contributed by atoms with Gasteiger partial charge in [0.25, 0.3) is 5.91 Å². The van der Waals surface area contributed by atoms with E-state index in [-0.39, 0.29) is 12.1 Å². The lowest BCUT2D eigenvalue weighted by atomic mass is 10.0. The van der Waals surface area contributed by atoms with Gasteiger partial charge >= 0.3 is 0 Å². The molecule has 32 heavy (non-hydrogen) atoms. The highest BCUT2D eigenvalue weighted by molar-refractivity contribution is 6.01. The maximum atomic E-state index is 13.5. The first-order valence-electron chi connectivity index (χ1n) is 10.7. The Hall–Kier alpha value is -3.67. The van der Waals surface area contributed by atoms with Gasteiger partial charge in [0.2, 0.25) is 0 Å². The molecule has 0 radical (unpaired) electrons. The van der Waals surface area contributed by atoms with Gasteiger partial charge in [-0.3, -0.25) is 4.79 Å². The SMILES string of the molecule is COc1ccc(CCN2C(=O)c3ccccc3N[C@@H]2c2ccc(N(C)C)cc2)cc1OC. The molecular formula is C26H29N3O3. The fraction of sp³-hybridized carbons (Fsp3) is 0.269. The monoisotopic (exact) mass is 431 g/mol. The molecule has 0 bridgehead atoms. The Balaban J connectivity index is 1.63. The van der Waals surface area contributed by atoms with Gasteiger partial charge < -0.3 is 24.6 Å². The molecule has 0 unspecified atom stereocenters. The summed E-state index contributed by atoms with van der Waals surface area (Å²) in [6.45, 7) is 0.565. The summed E-state index contributed by atoms with van der Waals surface area (Å²) in [5.41, 5.74) is 4.80. The minimum Gasteiger partial charge on any atom is -0.493 e. The second kappa shape index (κ2) is 9.22. The van der Waals surface area contributed by atoms with Gasteiger partial charge in [0.1, 0.15) is 6.17 Å². The summed E-state index contributed by atoms with van der Waals surface area (Å²) in [7, 11) is 7.29. The van der Waals surface area contributed by atoms with Crippen molar-refractivity contribution in [3.05, 3.63) is 83.4 Å². The molecule has 3 aromatic carbocycles. The van der Waals surface area contributed by atoms with Gasteiger partial charge in [0.05, 0.1) is 19.8 Å². The topological polar surface area (TPSA) is 54.0 Å². The van der Waals surface area contributed by atoms with Gasteiger partial charge in [-0.1, -0.05) is 30.3 Å². The van der Waals surface area contributed by atoms with Crippen LogP contribution in [0.1, 0.15) is 27.7 Å². The minimum absolute atomic E-state index is 0.0292. The summed E-state index contributed by atoms with van der Waals surface area (Å²) in [4.78, 5) is 17.4. The van der Waals surface area contributed by atoms with Crippen LogP contribution in [0.2, 0.25) is 0 Å². The first-order chi connectivity index (χ1) is 15.5. The van der Waals surface area contributed by atoms with Gasteiger partial charge in [-0.05, 0) is 53.9 Å². The van der Waals surface area contributed by atoms with Crippen LogP contribution in [0.15, 0.2) is 66.7 Å². The summed E-state index contributed by atoms with van der Waals surface area (Å²) in [6, 6.07) is 21.9. The average Bonchev–Trinajstić information content (AvgIpc) is 2.83. The number of methoxy groups -OCH3 is 2. The zero-order valence-electron chi connectivity index (χ0n) is 19.0.